The van der Waals surface area contributed by atoms with Crippen molar-refractivity contribution in [3.05, 3.63) is 30.3 Å². The minimum atomic E-state index is -0.253. The molecule has 2 rings (SSSR count). The predicted molar refractivity (Wildman–Crippen MR) is 71.9 cm³/mol. The molecule has 1 saturated heterocycles. The van der Waals surface area contributed by atoms with Crippen molar-refractivity contribution < 1.29 is 9.84 Å². The third-order valence-corrected chi connectivity index (χ3v) is 3.42. The number of likely N-dealkylation sites (tertiary alicyclic amines) is 1. The van der Waals surface area contributed by atoms with E-state index in [1.807, 2.05) is 44.4 Å². The van der Waals surface area contributed by atoms with Gasteiger partial charge in [-0.2, -0.15) is 0 Å². The van der Waals surface area contributed by atoms with E-state index in [2.05, 4.69) is 9.80 Å². The van der Waals surface area contributed by atoms with E-state index < -0.39 is 0 Å². The highest BCUT2D eigenvalue weighted by molar-refractivity contribution is 5.20. The first-order chi connectivity index (χ1) is 8.66. The van der Waals surface area contributed by atoms with Gasteiger partial charge in [0.2, 0.25) is 0 Å². The number of β-amino-alcohol motifs (C(OH)–C–C–N with tert-alkyl or cyclic N) is 1. The third kappa shape index (κ3) is 3.45. The summed E-state index contributed by atoms with van der Waals surface area (Å²) < 4.78 is 5.66. The smallest absolute Gasteiger partial charge is 0.119 e. The van der Waals surface area contributed by atoms with Gasteiger partial charge in [-0.3, -0.25) is 4.90 Å². The average Bonchev–Trinajstić information content (AvgIpc) is 2.72. The molecular formula is C14H22N2O2. The van der Waals surface area contributed by atoms with Crippen molar-refractivity contribution in [2.75, 3.05) is 40.3 Å². The Kier molecular flexibility index (Phi) is 4.58. The highest BCUT2D eigenvalue weighted by Crippen LogP contribution is 2.14. The van der Waals surface area contributed by atoms with Gasteiger partial charge in [-0.1, -0.05) is 18.2 Å². The molecule has 1 heterocycles. The predicted octanol–water partition coefficient (Wildman–Crippen LogP) is 0.672. The van der Waals surface area contributed by atoms with Crippen LogP contribution in [0.5, 0.6) is 5.75 Å². The molecule has 1 aliphatic heterocycles. The van der Waals surface area contributed by atoms with Gasteiger partial charge in [0.15, 0.2) is 0 Å². The van der Waals surface area contributed by atoms with Crippen molar-refractivity contribution >= 4 is 0 Å². The molecular weight excluding hydrogens is 228 g/mol. The lowest BCUT2D eigenvalue weighted by Crippen LogP contribution is -2.38. The number of hydrogen-bond donors (Lipinski definition) is 1. The first kappa shape index (κ1) is 13.3. The molecule has 1 aliphatic rings. The van der Waals surface area contributed by atoms with Gasteiger partial charge in [0.25, 0.3) is 0 Å². The molecule has 0 amide bonds. The molecule has 100 valence electrons. The van der Waals surface area contributed by atoms with Gasteiger partial charge in [-0.15, -0.1) is 0 Å². The Balaban J connectivity index is 1.72. The van der Waals surface area contributed by atoms with Crippen molar-refractivity contribution in [2.45, 2.75) is 12.1 Å². The fourth-order valence-electron chi connectivity index (χ4n) is 2.35. The van der Waals surface area contributed by atoms with Crippen LogP contribution in [0.1, 0.15) is 0 Å². The fraction of sp³-hybridized carbons (Fsp3) is 0.571. The second-order valence-electron chi connectivity index (χ2n) is 5.02. The second kappa shape index (κ2) is 6.18. The zero-order valence-corrected chi connectivity index (χ0v) is 11.1. The normalized spacial score (nSPS) is 24.7. The monoisotopic (exact) mass is 250 g/mol. The summed E-state index contributed by atoms with van der Waals surface area (Å²) in [5.74, 6) is 0.904. The zero-order chi connectivity index (χ0) is 13.0. The van der Waals surface area contributed by atoms with Gasteiger partial charge < -0.3 is 14.7 Å². The van der Waals surface area contributed by atoms with Crippen molar-refractivity contribution in [2.24, 2.45) is 0 Å². The molecule has 4 heteroatoms. The van der Waals surface area contributed by atoms with Crippen molar-refractivity contribution in [3.8, 4) is 5.75 Å². The van der Waals surface area contributed by atoms with E-state index in [-0.39, 0.29) is 12.1 Å². The number of ether oxygens (including phenoxy) is 1. The maximum Gasteiger partial charge on any atom is 0.119 e. The molecule has 0 radical (unpaired) electrons. The van der Waals surface area contributed by atoms with Crippen LogP contribution in [0.2, 0.25) is 0 Å². The summed E-state index contributed by atoms with van der Waals surface area (Å²) in [6, 6.07) is 10.1. The van der Waals surface area contributed by atoms with Crippen molar-refractivity contribution in [3.63, 3.8) is 0 Å². The molecule has 0 saturated carbocycles. The van der Waals surface area contributed by atoms with Gasteiger partial charge in [0.1, 0.15) is 12.4 Å². The van der Waals surface area contributed by atoms with Crippen LogP contribution in [0.15, 0.2) is 30.3 Å². The number of hydrogen-bond acceptors (Lipinski definition) is 4. The first-order valence-electron chi connectivity index (χ1n) is 6.41. The summed E-state index contributed by atoms with van der Waals surface area (Å²) in [6.45, 7) is 3.17. The van der Waals surface area contributed by atoms with E-state index in [1.54, 1.807) is 0 Å². The molecule has 2 atom stereocenters. The summed E-state index contributed by atoms with van der Waals surface area (Å²) in [5, 5.41) is 9.92. The van der Waals surface area contributed by atoms with E-state index in [9.17, 15) is 5.11 Å². The molecule has 0 aromatic heterocycles. The summed E-state index contributed by atoms with van der Waals surface area (Å²) in [4.78, 5) is 4.33. The van der Waals surface area contributed by atoms with E-state index in [4.69, 9.17) is 4.74 Å². The molecule has 1 N–H and O–H groups in total. The molecule has 4 nitrogen and oxygen atoms in total. The molecule has 1 fully saturated rings. The molecule has 0 unspecified atom stereocenters. The second-order valence-corrected chi connectivity index (χ2v) is 5.02. The van der Waals surface area contributed by atoms with Crippen molar-refractivity contribution in [1.82, 2.24) is 9.80 Å². The van der Waals surface area contributed by atoms with Gasteiger partial charge in [-0.05, 0) is 26.2 Å². The Morgan fingerprint density at radius 2 is 2.00 bits per heavy atom. The van der Waals surface area contributed by atoms with Crippen LogP contribution in [-0.2, 0) is 0 Å². The molecule has 1 aromatic carbocycles. The van der Waals surface area contributed by atoms with Crippen LogP contribution < -0.4 is 4.74 Å². The first-order valence-corrected chi connectivity index (χ1v) is 6.41. The molecule has 0 spiro atoms. The van der Waals surface area contributed by atoms with Crippen molar-refractivity contribution in [1.29, 1.82) is 0 Å². The average molecular weight is 250 g/mol. The minimum absolute atomic E-state index is 0.238. The maximum atomic E-state index is 9.92. The van der Waals surface area contributed by atoms with E-state index in [0.717, 1.165) is 25.4 Å². The van der Waals surface area contributed by atoms with Gasteiger partial charge >= 0.3 is 0 Å². The molecule has 0 aliphatic carbocycles. The SMILES string of the molecule is CN(C)[C@@H]1CN(CCOc2ccccc2)C[C@H]1O. The molecule has 0 bridgehead atoms. The number of rotatable bonds is 5. The lowest BCUT2D eigenvalue weighted by molar-refractivity contribution is 0.112. The molecule has 18 heavy (non-hydrogen) atoms. The standard InChI is InChI=1S/C14H22N2O2/c1-15(2)13-10-16(11-14(13)17)8-9-18-12-6-4-3-5-7-12/h3-7,13-14,17H,8-11H2,1-2H3/t13-,14-/m1/s1. The lowest BCUT2D eigenvalue weighted by atomic mass is 10.2. The number of nitrogens with zero attached hydrogens (tertiary/aromatic N) is 2. The van der Waals surface area contributed by atoms with Gasteiger partial charge in [0.05, 0.1) is 6.10 Å². The van der Waals surface area contributed by atoms with Crippen LogP contribution in [0, 0.1) is 0 Å². The fourth-order valence-corrected chi connectivity index (χ4v) is 2.35. The van der Waals surface area contributed by atoms with Crippen LogP contribution in [-0.4, -0.2) is 67.4 Å². The number of aliphatic hydroxyl groups is 1. The number of benzene rings is 1. The number of para-hydroxylation sites is 1. The minimum Gasteiger partial charge on any atom is -0.492 e. The summed E-state index contributed by atoms with van der Waals surface area (Å²) >= 11 is 0. The number of aliphatic hydroxyl groups excluding tert-OH is 1. The van der Waals surface area contributed by atoms with Crippen LogP contribution in [0.4, 0.5) is 0 Å². The van der Waals surface area contributed by atoms with Crippen LogP contribution in [0.3, 0.4) is 0 Å². The van der Waals surface area contributed by atoms with E-state index in [1.165, 1.54) is 0 Å². The summed E-state index contributed by atoms with van der Waals surface area (Å²) in [5.41, 5.74) is 0. The van der Waals surface area contributed by atoms with Crippen LogP contribution >= 0.6 is 0 Å². The van der Waals surface area contributed by atoms with Gasteiger partial charge in [-0.25, -0.2) is 0 Å². The van der Waals surface area contributed by atoms with Gasteiger partial charge in [0, 0.05) is 25.7 Å². The Morgan fingerprint density at radius 1 is 1.28 bits per heavy atom. The maximum absolute atomic E-state index is 9.92. The third-order valence-electron chi connectivity index (χ3n) is 3.42. The Morgan fingerprint density at radius 3 is 2.61 bits per heavy atom. The highest BCUT2D eigenvalue weighted by atomic mass is 16.5. The summed E-state index contributed by atoms with van der Waals surface area (Å²) in [7, 11) is 4.02. The van der Waals surface area contributed by atoms with E-state index >= 15 is 0 Å². The Labute approximate surface area is 109 Å². The zero-order valence-electron chi connectivity index (χ0n) is 11.1. The topological polar surface area (TPSA) is 35.9 Å². The largest absolute Gasteiger partial charge is 0.492 e. The van der Waals surface area contributed by atoms with Crippen LogP contribution in [0.25, 0.3) is 0 Å². The lowest BCUT2D eigenvalue weighted by Gasteiger charge is -2.21. The highest BCUT2D eigenvalue weighted by Gasteiger charge is 2.32. The number of likely N-dealkylation sites (N-methyl/N-ethyl adjacent to an activating group) is 1. The quantitative estimate of drug-likeness (QED) is 0.833. The Bertz CT molecular complexity index is 356. The molecule has 1 aromatic rings. The van der Waals surface area contributed by atoms with E-state index in [0.29, 0.717) is 6.61 Å². The summed E-state index contributed by atoms with van der Waals surface area (Å²) in [6.07, 6.45) is -0.253. The Hall–Kier alpha value is -1.10.